The summed E-state index contributed by atoms with van der Waals surface area (Å²) in [5.41, 5.74) is 1.65. The van der Waals surface area contributed by atoms with E-state index in [1.165, 1.54) is 12.8 Å². The molecule has 0 spiro atoms. The Morgan fingerprint density at radius 3 is 3.10 bits per heavy atom. The first kappa shape index (κ1) is 13.2. The summed E-state index contributed by atoms with van der Waals surface area (Å²) in [6.45, 7) is 5.14. The fourth-order valence-electron chi connectivity index (χ4n) is 3.04. The normalized spacial score (nSPS) is 19.6. The lowest BCUT2D eigenvalue weighted by atomic mass is 10.2. The van der Waals surface area contributed by atoms with E-state index in [-0.39, 0.29) is 5.91 Å². The molecule has 1 unspecified atom stereocenters. The van der Waals surface area contributed by atoms with E-state index in [1.54, 1.807) is 0 Å². The lowest BCUT2D eigenvalue weighted by molar-refractivity contribution is 0.0937. The van der Waals surface area contributed by atoms with Crippen LogP contribution in [0.1, 0.15) is 30.3 Å². The van der Waals surface area contributed by atoms with Crippen molar-refractivity contribution in [2.75, 3.05) is 19.6 Å². The van der Waals surface area contributed by atoms with Crippen LogP contribution in [0, 0.1) is 0 Å². The summed E-state index contributed by atoms with van der Waals surface area (Å²) in [7, 11) is 0. The SMILES string of the molecule is CCN1CCCC1CNC(=O)c1cc2ccccc2[nH]1. The average Bonchev–Trinajstić information content (AvgIpc) is 3.10. The van der Waals surface area contributed by atoms with E-state index < -0.39 is 0 Å². The van der Waals surface area contributed by atoms with E-state index >= 15 is 0 Å². The molecule has 2 aromatic rings. The van der Waals surface area contributed by atoms with Crippen LogP contribution < -0.4 is 5.32 Å². The molecule has 0 radical (unpaired) electrons. The maximum absolute atomic E-state index is 12.2. The lowest BCUT2D eigenvalue weighted by Crippen LogP contribution is -2.40. The van der Waals surface area contributed by atoms with Gasteiger partial charge in [0.1, 0.15) is 5.69 Å². The summed E-state index contributed by atoms with van der Waals surface area (Å²) in [6.07, 6.45) is 2.42. The Morgan fingerprint density at radius 1 is 1.45 bits per heavy atom. The van der Waals surface area contributed by atoms with Gasteiger partial charge in [0, 0.05) is 23.5 Å². The smallest absolute Gasteiger partial charge is 0.267 e. The number of carbonyl (C=O) groups is 1. The van der Waals surface area contributed by atoms with Crippen LogP contribution in [0.25, 0.3) is 10.9 Å². The highest BCUT2D eigenvalue weighted by molar-refractivity contribution is 5.97. The van der Waals surface area contributed by atoms with Gasteiger partial charge in [-0.05, 0) is 38.1 Å². The number of aromatic nitrogens is 1. The molecular formula is C16H21N3O. The zero-order valence-corrected chi connectivity index (χ0v) is 11.9. The maximum atomic E-state index is 12.2. The van der Waals surface area contributed by atoms with Gasteiger partial charge in [-0.15, -0.1) is 0 Å². The molecule has 106 valence electrons. The zero-order chi connectivity index (χ0) is 13.9. The topological polar surface area (TPSA) is 48.1 Å². The summed E-state index contributed by atoms with van der Waals surface area (Å²) in [4.78, 5) is 17.8. The molecule has 1 aromatic heterocycles. The summed E-state index contributed by atoms with van der Waals surface area (Å²) in [6, 6.07) is 10.4. The first-order valence-corrected chi connectivity index (χ1v) is 7.38. The van der Waals surface area contributed by atoms with E-state index in [9.17, 15) is 4.79 Å². The Balaban J connectivity index is 1.64. The summed E-state index contributed by atoms with van der Waals surface area (Å²) < 4.78 is 0. The van der Waals surface area contributed by atoms with Gasteiger partial charge in [-0.25, -0.2) is 0 Å². The largest absolute Gasteiger partial charge is 0.351 e. The van der Waals surface area contributed by atoms with Crippen molar-refractivity contribution in [2.24, 2.45) is 0 Å². The van der Waals surface area contributed by atoms with Crippen molar-refractivity contribution in [2.45, 2.75) is 25.8 Å². The number of rotatable bonds is 4. The van der Waals surface area contributed by atoms with Gasteiger partial charge in [-0.3, -0.25) is 9.69 Å². The molecule has 3 rings (SSSR count). The molecule has 1 fully saturated rings. The predicted octanol–water partition coefficient (Wildman–Crippen LogP) is 2.38. The van der Waals surface area contributed by atoms with Gasteiger partial charge in [0.05, 0.1) is 0 Å². The molecule has 0 saturated carbocycles. The van der Waals surface area contributed by atoms with Crippen LogP contribution in [0.3, 0.4) is 0 Å². The van der Waals surface area contributed by atoms with Crippen molar-refractivity contribution in [3.8, 4) is 0 Å². The van der Waals surface area contributed by atoms with Gasteiger partial charge in [0.2, 0.25) is 0 Å². The minimum atomic E-state index is -0.0100. The van der Waals surface area contributed by atoms with Gasteiger partial charge >= 0.3 is 0 Å². The molecular weight excluding hydrogens is 250 g/mol. The third-order valence-electron chi connectivity index (χ3n) is 4.18. The first-order chi connectivity index (χ1) is 9.78. The zero-order valence-electron chi connectivity index (χ0n) is 11.9. The van der Waals surface area contributed by atoms with Crippen molar-refractivity contribution < 1.29 is 4.79 Å². The van der Waals surface area contributed by atoms with Gasteiger partial charge in [-0.2, -0.15) is 0 Å². The van der Waals surface area contributed by atoms with Crippen molar-refractivity contribution in [3.63, 3.8) is 0 Å². The van der Waals surface area contributed by atoms with Crippen molar-refractivity contribution in [1.29, 1.82) is 0 Å². The highest BCUT2D eigenvalue weighted by atomic mass is 16.1. The molecule has 1 saturated heterocycles. The second-order valence-electron chi connectivity index (χ2n) is 5.40. The van der Waals surface area contributed by atoms with Crippen molar-refractivity contribution >= 4 is 16.8 Å². The fourth-order valence-corrected chi connectivity index (χ4v) is 3.04. The number of amides is 1. The molecule has 1 atom stereocenters. The number of likely N-dealkylation sites (N-methyl/N-ethyl adjacent to an activating group) is 1. The number of carbonyl (C=O) groups excluding carboxylic acids is 1. The minimum absolute atomic E-state index is 0.0100. The average molecular weight is 271 g/mol. The van der Waals surface area contributed by atoms with Gasteiger partial charge in [-0.1, -0.05) is 25.1 Å². The van der Waals surface area contributed by atoms with Crippen LogP contribution in [0.5, 0.6) is 0 Å². The van der Waals surface area contributed by atoms with Crippen LogP contribution >= 0.6 is 0 Å². The Labute approximate surface area is 119 Å². The highest BCUT2D eigenvalue weighted by Crippen LogP contribution is 2.17. The third-order valence-corrected chi connectivity index (χ3v) is 4.18. The molecule has 4 nitrogen and oxygen atoms in total. The number of para-hydroxylation sites is 1. The van der Waals surface area contributed by atoms with E-state index in [2.05, 4.69) is 22.1 Å². The Kier molecular flexibility index (Phi) is 3.74. The molecule has 1 aliphatic heterocycles. The molecule has 2 N–H and O–H groups in total. The summed E-state index contributed by atoms with van der Waals surface area (Å²) in [5, 5.41) is 4.13. The lowest BCUT2D eigenvalue weighted by Gasteiger charge is -2.22. The molecule has 2 heterocycles. The number of likely N-dealkylation sites (tertiary alicyclic amines) is 1. The van der Waals surface area contributed by atoms with Crippen LogP contribution in [0.2, 0.25) is 0 Å². The van der Waals surface area contributed by atoms with E-state index in [1.807, 2.05) is 30.3 Å². The van der Waals surface area contributed by atoms with Gasteiger partial charge in [0.25, 0.3) is 5.91 Å². The number of nitrogens with zero attached hydrogens (tertiary/aromatic N) is 1. The molecule has 0 aliphatic carbocycles. The van der Waals surface area contributed by atoms with Crippen LogP contribution in [0.15, 0.2) is 30.3 Å². The molecule has 0 bridgehead atoms. The first-order valence-electron chi connectivity index (χ1n) is 7.38. The molecule has 1 aliphatic rings. The Hall–Kier alpha value is -1.81. The Morgan fingerprint density at radius 2 is 2.30 bits per heavy atom. The van der Waals surface area contributed by atoms with E-state index in [4.69, 9.17) is 0 Å². The minimum Gasteiger partial charge on any atom is -0.351 e. The van der Waals surface area contributed by atoms with E-state index in [0.717, 1.165) is 30.5 Å². The molecule has 1 amide bonds. The monoisotopic (exact) mass is 271 g/mol. The highest BCUT2D eigenvalue weighted by Gasteiger charge is 2.23. The number of nitrogens with one attached hydrogen (secondary N) is 2. The number of aromatic amines is 1. The molecule has 1 aromatic carbocycles. The quantitative estimate of drug-likeness (QED) is 0.897. The van der Waals surface area contributed by atoms with E-state index in [0.29, 0.717) is 11.7 Å². The standard InChI is InChI=1S/C16H21N3O/c1-2-19-9-5-7-13(19)11-17-16(20)15-10-12-6-3-4-8-14(12)18-15/h3-4,6,8,10,13,18H,2,5,7,9,11H2,1H3,(H,17,20). The second-order valence-corrected chi connectivity index (χ2v) is 5.40. The number of H-pyrrole nitrogens is 1. The predicted molar refractivity (Wildman–Crippen MR) is 80.9 cm³/mol. The van der Waals surface area contributed by atoms with Gasteiger partial charge in [0.15, 0.2) is 0 Å². The maximum Gasteiger partial charge on any atom is 0.267 e. The molecule has 20 heavy (non-hydrogen) atoms. The number of hydrogen-bond donors (Lipinski definition) is 2. The van der Waals surface area contributed by atoms with Crippen LogP contribution in [-0.4, -0.2) is 41.5 Å². The summed E-state index contributed by atoms with van der Waals surface area (Å²) in [5.74, 6) is -0.0100. The number of benzene rings is 1. The molecule has 4 heteroatoms. The second kappa shape index (κ2) is 5.67. The third kappa shape index (κ3) is 2.56. The van der Waals surface area contributed by atoms with Crippen molar-refractivity contribution in [3.05, 3.63) is 36.0 Å². The van der Waals surface area contributed by atoms with Crippen LogP contribution in [-0.2, 0) is 0 Å². The van der Waals surface area contributed by atoms with Gasteiger partial charge < -0.3 is 10.3 Å². The number of hydrogen-bond acceptors (Lipinski definition) is 2. The van der Waals surface area contributed by atoms with Crippen LogP contribution in [0.4, 0.5) is 0 Å². The summed E-state index contributed by atoms with van der Waals surface area (Å²) >= 11 is 0. The van der Waals surface area contributed by atoms with Crippen molar-refractivity contribution in [1.82, 2.24) is 15.2 Å². The Bertz CT molecular complexity index is 572. The fraction of sp³-hybridized carbons (Fsp3) is 0.438. The number of fused-ring (bicyclic) bond motifs is 1.